The summed E-state index contributed by atoms with van der Waals surface area (Å²) in [6, 6.07) is 0. The third-order valence-corrected chi connectivity index (χ3v) is 5.73. The Kier molecular flexibility index (Phi) is 9.12. The molecule has 15 nitrogen and oxygen atoms in total. The van der Waals surface area contributed by atoms with Crippen molar-refractivity contribution in [2.45, 2.75) is 79.7 Å². The van der Waals surface area contributed by atoms with Crippen LogP contribution in [0.1, 0.15) is 0 Å². The van der Waals surface area contributed by atoms with Crippen LogP contribution in [0, 0.1) is 0 Å². The van der Waals surface area contributed by atoms with Crippen LogP contribution in [0.2, 0.25) is 0 Å². The van der Waals surface area contributed by atoms with E-state index in [4.69, 9.17) is 23.8 Å². The van der Waals surface area contributed by atoms with E-state index in [-0.39, 0.29) is 6.54 Å². The van der Waals surface area contributed by atoms with E-state index in [9.17, 15) is 46.0 Å². The Labute approximate surface area is 182 Å². The molecule has 0 aliphatic carbocycles. The van der Waals surface area contributed by atoms with Crippen LogP contribution >= 0.6 is 0 Å². The second kappa shape index (κ2) is 11.2. The Morgan fingerprint density at radius 2 is 1.19 bits per heavy atom. The summed E-state index contributed by atoms with van der Waals surface area (Å²) < 4.78 is 21.7. The molecule has 3 saturated heterocycles. The van der Waals surface area contributed by atoms with E-state index in [1.54, 1.807) is 0 Å². The lowest BCUT2D eigenvalue weighted by molar-refractivity contribution is -0.368. The lowest BCUT2D eigenvalue weighted by atomic mass is 9.97. The van der Waals surface area contributed by atoms with Gasteiger partial charge in [-0.05, 0) is 0 Å². The van der Waals surface area contributed by atoms with Crippen LogP contribution in [0.4, 0.5) is 0 Å². The summed E-state index contributed by atoms with van der Waals surface area (Å²) in [5.74, 6) is 0. The Balaban J connectivity index is 1.73. The number of nitrogens with one attached hydrogen (secondary N) is 1. The van der Waals surface area contributed by atoms with Crippen molar-refractivity contribution >= 4 is 0 Å². The molecule has 0 amide bonds. The Hall–Kier alpha value is -0.600. The molecule has 32 heavy (non-hydrogen) atoms. The number of aliphatic hydroxyl groups excluding tert-OH is 9. The van der Waals surface area contributed by atoms with E-state index in [0.717, 1.165) is 0 Å². The van der Waals surface area contributed by atoms with Crippen molar-refractivity contribution in [1.82, 2.24) is 5.48 Å². The van der Waals surface area contributed by atoms with Crippen LogP contribution in [0.25, 0.3) is 0 Å². The van der Waals surface area contributed by atoms with Crippen LogP contribution in [0.3, 0.4) is 0 Å². The van der Waals surface area contributed by atoms with Gasteiger partial charge in [0.05, 0.1) is 26.4 Å². The summed E-state index contributed by atoms with van der Waals surface area (Å²) in [5.41, 5.74) is 2.47. The highest BCUT2D eigenvalue weighted by atomic mass is 16.7. The number of hydroxylamine groups is 1. The van der Waals surface area contributed by atoms with Crippen LogP contribution in [0.5, 0.6) is 0 Å². The summed E-state index contributed by atoms with van der Waals surface area (Å²) in [4.78, 5) is 4.97. The maximum absolute atomic E-state index is 10.7. The molecule has 3 rings (SSSR count). The van der Waals surface area contributed by atoms with Crippen molar-refractivity contribution in [1.29, 1.82) is 0 Å². The van der Waals surface area contributed by atoms with Gasteiger partial charge >= 0.3 is 0 Å². The average Bonchev–Trinajstić information content (AvgIpc) is 2.79. The Morgan fingerprint density at radius 1 is 0.625 bits per heavy atom. The van der Waals surface area contributed by atoms with Gasteiger partial charge in [-0.1, -0.05) is 0 Å². The molecule has 0 bridgehead atoms. The smallest absolute Gasteiger partial charge is 0.187 e. The average molecular weight is 473 g/mol. The number of aliphatic hydroxyl groups is 9. The molecule has 13 atom stereocenters. The van der Waals surface area contributed by atoms with Crippen molar-refractivity contribution in [3.63, 3.8) is 0 Å². The zero-order valence-electron chi connectivity index (χ0n) is 16.9. The van der Waals surface area contributed by atoms with Crippen molar-refractivity contribution < 1.29 is 69.7 Å². The third-order valence-electron chi connectivity index (χ3n) is 5.73. The van der Waals surface area contributed by atoms with Gasteiger partial charge in [-0.3, -0.25) is 4.84 Å². The molecule has 0 aromatic rings. The molecule has 3 heterocycles. The lowest BCUT2D eigenvalue weighted by Gasteiger charge is -2.47. The monoisotopic (exact) mass is 473 g/mol. The molecule has 10 N–H and O–H groups in total. The van der Waals surface area contributed by atoms with Gasteiger partial charge in [-0.2, -0.15) is 5.48 Å². The number of hydrogen-bond acceptors (Lipinski definition) is 15. The highest BCUT2D eigenvalue weighted by Gasteiger charge is 2.51. The summed E-state index contributed by atoms with van der Waals surface area (Å²) in [5, 5.41) is 89.5. The van der Waals surface area contributed by atoms with Crippen LogP contribution in [-0.4, -0.2) is 152 Å². The predicted molar refractivity (Wildman–Crippen MR) is 97.2 cm³/mol. The molecule has 3 aliphatic rings. The van der Waals surface area contributed by atoms with E-state index in [2.05, 4.69) is 5.48 Å². The highest BCUT2D eigenvalue weighted by molar-refractivity contribution is 4.95. The second-order valence-corrected chi connectivity index (χ2v) is 7.86. The molecule has 188 valence electrons. The fourth-order valence-corrected chi connectivity index (χ4v) is 3.77. The van der Waals surface area contributed by atoms with E-state index >= 15 is 0 Å². The number of hydrogen-bond donors (Lipinski definition) is 10. The molecule has 0 unspecified atom stereocenters. The molecular formula is C17H31NO14. The first-order chi connectivity index (χ1) is 15.2. The predicted octanol–water partition coefficient (Wildman–Crippen LogP) is -6.75. The number of rotatable bonds is 7. The molecular weight excluding hydrogens is 442 g/mol. The van der Waals surface area contributed by atoms with Gasteiger partial charge in [0.1, 0.15) is 67.1 Å². The third kappa shape index (κ3) is 5.22. The quantitative estimate of drug-likeness (QED) is 0.165. The molecule has 15 heteroatoms. The fraction of sp³-hybridized carbons (Fsp3) is 1.00. The summed E-state index contributed by atoms with van der Waals surface area (Å²) in [6.07, 6.45) is -19.3. The summed E-state index contributed by atoms with van der Waals surface area (Å²) in [7, 11) is 0. The van der Waals surface area contributed by atoms with Gasteiger partial charge in [0.25, 0.3) is 0 Å². The first-order valence-corrected chi connectivity index (χ1v) is 10.1. The maximum Gasteiger partial charge on any atom is 0.187 e. The van der Waals surface area contributed by atoms with E-state index in [1.165, 1.54) is 0 Å². The molecule has 3 aliphatic heterocycles. The SMILES string of the molecule is OC[C@H]1ONC[C@@H](O[C@@H]2O[C@H](CO)[C@@H](O)[C@H](O[C@@H]3O[C@H](CO)[C@@H](O)[C@H](O)[C@H]3O)[C@H]2O)[C@@H]1O. The zero-order valence-corrected chi connectivity index (χ0v) is 16.9. The minimum Gasteiger partial charge on any atom is -0.394 e. The Morgan fingerprint density at radius 3 is 1.78 bits per heavy atom. The fourth-order valence-electron chi connectivity index (χ4n) is 3.77. The first-order valence-electron chi connectivity index (χ1n) is 10.1. The molecule has 0 saturated carbocycles. The lowest BCUT2D eigenvalue weighted by Crippen LogP contribution is -2.66. The van der Waals surface area contributed by atoms with Gasteiger partial charge in [-0.25, -0.2) is 0 Å². The minimum absolute atomic E-state index is 0.0468. The molecule has 0 aromatic heterocycles. The van der Waals surface area contributed by atoms with Gasteiger partial charge < -0.3 is 64.9 Å². The first kappa shape index (κ1) is 26.0. The van der Waals surface area contributed by atoms with Gasteiger partial charge in [-0.15, -0.1) is 0 Å². The van der Waals surface area contributed by atoms with Crippen LogP contribution in [0.15, 0.2) is 0 Å². The molecule has 0 radical (unpaired) electrons. The topological polar surface area (TPSA) is 240 Å². The zero-order chi connectivity index (χ0) is 23.6. The van der Waals surface area contributed by atoms with Crippen LogP contribution < -0.4 is 5.48 Å². The van der Waals surface area contributed by atoms with Gasteiger partial charge in [0.2, 0.25) is 0 Å². The maximum atomic E-state index is 10.7. The number of ether oxygens (including phenoxy) is 4. The highest BCUT2D eigenvalue weighted by Crippen LogP contribution is 2.30. The minimum atomic E-state index is -1.80. The Bertz CT molecular complexity index is 585. The molecule has 3 fully saturated rings. The summed E-state index contributed by atoms with van der Waals surface area (Å²) >= 11 is 0. The summed E-state index contributed by atoms with van der Waals surface area (Å²) in [6.45, 7) is -2.00. The standard InChI is InChI=1S/C17H31NO14/c19-2-6-10(23)12(25)13(26)16(29-6)31-15-11(24)7(3-20)30-17(14(15)27)28-5-1-18-32-8(4-21)9(5)22/h5-27H,1-4H2/t5-,6-,7-,8-,9+,10-,11-,12+,13-,14-,15+,16+,17-/m1/s1. The molecule has 0 aromatic carbocycles. The van der Waals surface area contributed by atoms with Crippen molar-refractivity contribution in [3.8, 4) is 0 Å². The van der Waals surface area contributed by atoms with Crippen molar-refractivity contribution in [2.75, 3.05) is 26.4 Å². The van der Waals surface area contributed by atoms with Crippen LogP contribution in [-0.2, 0) is 23.8 Å². The largest absolute Gasteiger partial charge is 0.394 e. The van der Waals surface area contributed by atoms with Crippen molar-refractivity contribution in [3.05, 3.63) is 0 Å². The normalized spacial score (nSPS) is 50.3. The van der Waals surface area contributed by atoms with Gasteiger partial charge in [0.15, 0.2) is 12.6 Å². The second-order valence-electron chi connectivity index (χ2n) is 7.86. The van der Waals surface area contributed by atoms with E-state index in [1.807, 2.05) is 0 Å². The van der Waals surface area contributed by atoms with E-state index in [0.29, 0.717) is 0 Å². The van der Waals surface area contributed by atoms with Crippen molar-refractivity contribution in [2.24, 2.45) is 0 Å². The van der Waals surface area contributed by atoms with Gasteiger partial charge in [0, 0.05) is 0 Å². The molecule has 0 spiro atoms. The van der Waals surface area contributed by atoms with E-state index < -0.39 is 99.5 Å².